The van der Waals surface area contributed by atoms with Gasteiger partial charge in [-0.1, -0.05) is 103 Å². The van der Waals surface area contributed by atoms with E-state index in [0.717, 1.165) is 44.6 Å². The number of nitrogens with zero attached hydrogens (tertiary/aromatic N) is 2. The lowest BCUT2D eigenvalue weighted by atomic mass is 10.0. The molecule has 0 aliphatic heterocycles. The van der Waals surface area contributed by atoms with Crippen molar-refractivity contribution in [2.24, 2.45) is 0 Å². The van der Waals surface area contributed by atoms with Crippen molar-refractivity contribution in [2.45, 2.75) is 0 Å². The highest BCUT2D eigenvalue weighted by Crippen LogP contribution is 2.43. The lowest BCUT2D eigenvalue weighted by molar-refractivity contribution is 1.18. The molecule has 8 rings (SSSR count). The van der Waals surface area contributed by atoms with E-state index in [1.165, 1.54) is 10.8 Å². The van der Waals surface area contributed by atoms with Crippen LogP contribution in [0.2, 0.25) is 0 Å². The first kappa shape index (κ1) is 24.2. The van der Waals surface area contributed by atoms with Crippen molar-refractivity contribution in [3.8, 4) is 5.69 Å². The minimum atomic E-state index is 0.0598. The summed E-state index contributed by atoms with van der Waals surface area (Å²) in [7, 11) is 0. The third-order valence-corrected chi connectivity index (χ3v) is 8.16. The van der Waals surface area contributed by atoms with Crippen LogP contribution in [0.25, 0.3) is 49.0 Å². The quantitative estimate of drug-likeness (QED) is 0.208. The van der Waals surface area contributed by atoms with Crippen LogP contribution in [-0.4, -0.2) is 4.57 Å². The summed E-state index contributed by atoms with van der Waals surface area (Å²) in [5, 5.41) is 6.04. The monoisotopic (exact) mass is 538 g/mol. The van der Waals surface area contributed by atoms with Crippen molar-refractivity contribution in [1.29, 1.82) is 0 Å². The van der Waals surface area contributed by atoms with Crippen LogP contribution >= 0.6 is 0 Å². The fourth-order valence-electron chi connectivity index (χ4n) is 6.31. The number of para-hydroxylation sites is 3. The standard InChI is InChI=1S/C39H26N2O/c42-39-32-18-6-8-22-37(32)41(38-23-9-7-19-33(38)39)36-26-12-20-30-31(36)21-11-25-35(30)40(28-15-2-1-3-16-28)34-24-10-14-27-13-4-5-17-29(27)34/h1-26H. The summed E-state index contributed by atoms with van der Waals surface area (Å²) in [4.78, 5) is 15.8. The molecule has 1 heterocycles. The van der Waals surface area contributed by atoms with E-state index < -0.39 is 0 Å². The van der Waals surface area contributed by atoms with E-state index in [-0.39, 0.29) is 5.43 Å². The van der Waals surface area contributed by atoms with Crippen molar-refractivity contribution < 1.29 is 0 Å². The predicted molar refractivity (Wildman–Crippen MR) is 177 cm³/mol. The Kier molecular flexibility index (Phi) is 5.61. The highest BCUT2D eigenvalue weighted by Gasteiger charge is 2.19. The van der Waals surface area contributed by atoms with Crippen molar-refractivity contribution in [3.63, 3.8) is 0 Å². The number of aromatic nitrogens is 1. The Bertz CT molecular complexity index is 2270. The Labute approximate surface area is 243 Å². The van der Waals surface area contributed by atoms with E-state index in [4.69, 9.17) is 0 Å². The zero-order chi connectivity index (χ0) is 28.0. The second-order valence-electron chi connectivity index (χ2n) is 10.5. The fraction of sp³-hybridized carbons (Fsp3) is 0. The van der Waals surface area contributed by atoms with Crippen LogP contribution in [0.4, 0.5) is 17.1 Å². The molecule has 0 radical (unpaired) electrons. The van der Waals surface area contributed by atoms with Crippen molar-refractivity contribution in [1.82, 2.24) is 4.57 Å². The normalized spacial score (nSPS) is 11.4. The van der Waals surface area contributed by atoms with Crippen LogP contribution in [0.1, 0.15) is 0 Å². The highest BCUT2D eigenvalue weighted by atomic mass is 16.1. The molecule has 0 fully saturated rings. The molecule has 0 spiro atoms. The molecule has 0 saturated carbocycles. The molecule has 198 valence electrons. The average molecular weight is 539 g/mol. The second kappa shape index (κ2) is 9.76. The number of benzene rings is 7. The lowest BCUT2D eigenvalue weighted by Gasteiger charge is -2.28. The first-order chi connectivity index (χ1) is 20.8. The van der Waals surface area contributed by atoms with Gasteiger partial charge in [-0.3, -0.25) is 4.79 Å². The molecule has 0 saturated heterocycles. The van der Waals surface area contributed by atoms with Crippen molar-refractivity contribution in [3.05, 3.63) is 168 Å². The van der Waals surface area contributed by atoms with Crippen LogP contribution in [0.15, 0.2) is 163 Å². The topological polar surface area (TPSA) is 25.2 Å². The maximum absolute atomic E-state index is 13.5. The van der Waals surface area contributed by atoms with Gasteiger partial charge < -0.3 is 9.47 Å². The van der Waals surface area contributed by atoms with E-state index in [0.29, 0.717) is 10.8 Å². The molecule has 42 heavy (non-hydrogen) atoms. The Morgan fingerprint density at radius 2 is 0.905 bits per heavy atom. The van der Waals surface area contributed by atoms with Crippen LogP contribution in [0.3, 0.4) is 0 Å². The van der Waals surface area contributed by atoms with Crippen LogP contribution in [-0.2, 0) is 0 Å². The number of rotatable bonds is 4. The number of hydrogen-bond donors (Lipinski definition) is 0. The minimum absolute atomic E-state index is 0.0598. The van der Waals surface area contributed by atoms with Gasteiger partial charge in [-0.25, -0.2) is 0 Å². The van der Waals surface area contributed by atoms with E-state index in [2.05, 4.69) is 119 Å². The van der Waals surface area contributed by atoms with E-state index in [1.54, 1.807) is 0 Å². The second-order valence-corrected chi connectivity index (χ2v) is 10.5. The molecule has 3 nitrogen and oxygen atoms in total. The van der Waals surface area contributed by atoms with Gasteiger partial charge in [0.15, 0.2) is 5.43 Å². The largest absolute Gasteiger partial charge is 0.309 e. The number of pyridine rings is 1. The van der Waals surface area contributed by atoms with Crippen LogP contribution < -0.4 is 10.3 Å². The minimum Gasteiger partial charge on any atom is -0.309 e. The summed E-state index contributed by atoms with van der Waals surface area (Å²) in [5.41, 5.74) is 6.19. The lowest BCUT2D eigenvalue weighted by Crippen LogP contribution is -2.12. The average Bonchev–Trinajstić information content (AvgIpc) is 3.06. The Morgan fingerprint density at radius 3 is 1.64 bits per heavy atom. The first-order valence-corrected chi connectivity index (χ1v) is 14.2. The predicted octanol–water partition coefficient (Wildman–Crippen LogP) is 9.92. The molecule has 0 N–H and O–H groups in total. The smallest absolute Gasteiger partial charge is 0.197 e. The molecular weight excluding hydrogens is 512 g/mol. The van der Waals surface area contributed by atoms with Crippen molar-refractivity contribution in [2.75, 3.05) is 4.90 Å². The molecule has 0 unspecified atom stereocenters. The van der Waals surface area contributed by atoms with E-state index in [9.17, 15) is 4.79 Å². The SMILES string of the molecule is O=c1c2ccccc2n(-c2cccc3c(N(c4ccccc4)c4cccc5ccccc45)cccc23)c2ccccc12. The van der Waals surface area contributed by atoms with Gasteiger partial charge in [0, 0.05) is 32.6 Å². The van der Waals surface area contributed by atoms with Gasteiger partial charge in [-0.2, -0.15) is 0 Å². The Morgan fingerprint density at radius 1 is 0.405 bits per heavy atom. The molecule has 0 aliphatic rings. The van der Waals surface area contributed by atoms with Crippen LogP contribution in [0.5, 0.6) is 0 Å². The summed E-state index contributed by atoms with van der Waals surface area (Å²) < 4.78 is 2.24. The van der Waals surface area contributed by atoms with Gasteiger partial charge in [-0.15, -0.1) is 0 Å². The zero-order valence-electron chi connectivity index (χ0n) is 22.8. The molecule has 0 aliphatic carbocycles. The number of anilines is 3. The molecular formula is C39H26N2O. The molecule has 0 amide bonds. The molecule has 1 aromatic heterocycles. The molecule has 7 aromatic carbocycles. The van der Waals surface area contributed by atoms with E-state index >= 15 is 0 Å². The number of fused-ring (bicyclic) bond motifs is 4. The zero-order valence-corrected chi connectivity index (χ0v) is 22.8. The Balaban J connectivity index is 1.47. The van der Waals surface area contributed by atoms with Gasteiger partial charge in [-0.05, 0) is 60.0 Å². The summed E-state index contributed by atoms with van der Waals surface area (Å²) in [6.07, 6.45) is 0. The number of hydrogen-bond acceptors (Lipinski definition) is 2. The van der Waals surface area contributed by atoms with Gasteiger partial charge in [0.2, 0.25) is 0 Å². The van der Waals surface area contributed by atoms with Crippen LogP contribution in [0, 0.1) is 0 Å². The third-order valence-electron chi connectivity index (χ3n) is 8.16. The highest BCUT2D eigenvalue weighted by molar-refractivity contribution is 6.08. The van der Waals surface area contributed by atoms with Gasteiger partial charge >= 0.3 is 0 Å². The van der Waals surface area contributed by atoms with Crippen molar-refractivity contribution >= 4 is 60.4 Å². The first-order valence-electron chi connectivity index (χ1n) is 14.2. The van der Waals surface area contributed by atoms with Gasteiger partial charge in [0.05, 0.1) is 28.1 Å². The maximum atomic E-state index is 13.5. The molecule has 0 atom stereocenters. The van der Waals surface area contributed by atoms with Gasteiger partial charge in [0.25, 0.3) is 0 Å². The Hall–Kier alpha value is -5.67. The molecule has 3 heteroatoms. The van der Waals surface area contributed by atoms with Gasteiger partial charge in [0.1, 0.15) is 0 Å². The van der Waals surface area contributed by atoms with E-state index in [1.807, 2.05) is 48.5 Å². The summed E-state index contributed by atoms with van der Waals surface area (Å²) in [6, 6.07) is 54.4. The third kappa shape index (κ3) is 3.71. The molecule has 8 aromatic rings. The summed E-state index contributed by atoms with van der Waals surface area (Å²) in [6.45, 7) is 0. The fourth-order valence-corrected chi connectivity index (χ4v) is 6.31. The summed E-state index contributed by atoms with van der Waals surface area (Å²) in [5.74, 6) is 0. The summed E-state index contributed by atoms with van der Waals surface area (Å²) >= 11 is 0. The maximum Gasteiger partial charge on any atom is 0.197 e. The molecule has 0 bridgehead atoms.